The number of carbonyl (C=O) groups is 1. The molecule has 0 saturated heterocycles. The highest BCUT2D eigenvalue weighted by atomic mass is 19.4. The number of hydrogen-bond acceptors (Lipinski definition) is 3. The van der Waals surface area contributed by atoms with Crippen molar-refractivity contribution in [3.63, 3.8) is 0 Å². The van der Waals surface area contributed by atoms with Gasteiger partial charge in [0.15, 0.2) is 5.90 Å². The Morgan fingerprint density at radius 3 is 2.68 bits per heavy atom. The fraction of sp³-hybridized carbons (Fsp3) is 0.333. The van der Waals surface area contributed by atoms with Crippen molar-refractivity contribution >= 4 is 22.7 Å². The van der Waals surface area contributed by atoms with Crippen LogP contribution in [0.25, 0.3) is 10.9 Å². The van der Waals surface area contributed by atoms with E-state index in [2.05, 4.69) is 4.99 Å². The van der Waals surface area contributed by atoms with Crippen LogP contribution < -0.4 is 0 Å². The molecule has 0 N–H and O–H groups in total. The van der Waals surface area contributed by atoms with Crippen molar-refractivity contribution in [1.82, 2.24) is 4.57 Å². The van der Waals surface area contributed by atoms with E-state index in [0.29, 0.717) is 22.5 Å². The molecule has 1 atom stereocenters. The number of fused-ring (bicyclic) bond motifs is 1. The fourth-order valence-electron chi connectivity index (χ4n) is 2.60. The third kappa shape index (κ3) is 2.26. The molecule has 2 aromatic rings. The predicted molar refractivity (Wildman–Crippen MR) is 75.0 cm³/mol. The molecule has 1 aromatic carbocycles. The highest BCUT2D eigenvalue weighted by Crippen LogP contribution is 2.33. The van der Waals surface area contributed by atoms with Crippen LogP contribution in [0.1, 0.15) is 24.2 Å². The number of carbonyl (C=O) groups excluding carboxylic acids is 1. The zero-order chi connectivity index (χ0) is 16.1. The second-order valence-corrected chi connectivity index (χ2v) is 5.46. The Bertz CT molecular complexity index is 792. The number of aliphatic imine (C=N–C) groups is 1. The van der Waals surface area contributed by atoms with Crippen LogP contribution in [0.3, 0.4) is 0 Å². The summed E-state index contributed by atoms with van der Waals surface area (Å²) in [5.41, 5.74) is 0.484. The van der Waals surface area contributed by atoms with Gasteiger partial charge in [0, 0.05) is 18.5 Å². The van der Waals surface area contributed by atoms with Crippen molar-refractivity contribution in [1.29, 1.82) is 0 Å². The number of benzene rings is 1. The first-order valence-corrected chi connectivity index (χ1v) is 6.63. The van der Waals surface area contributed by atoms with Gasteiger partial charge in [-0.3, -0.25) is 9.36 Å². The van der Waals surface area contributed by atoms with Crippen LogP contribution in [0, 0.1) is 0 Å². The van der Waals surface area contributed by atoms with Crippen molar-refractivity contribution in [2.45, 2.75) is 25.6 Å². The summed E-state index contributed by atoms with van der Waals surface area (Å²) in [5, 5.41) is 0.552. The van der Waals surface area contributed by atoms with Gasteiger partial charge < -0.3 is 4.74 Å². The summed E-state index contributed by atoms with van der Waals surface area (Å²) in [6.45, 7) is 4.03. The Morgan fingerprint density at radius 2 is 2.09 bits per heavy atom. The van der Waals surface area contributed by atoms with Crippen LogP contribution in [0.5, 0.6) is 0 Å². The lowest BCUT2D eigenvalue weighted by atomic mass is 9.93. The molecule has 0 saturated carbocycles. The van der Waals surface area contributed by atoms with E-state index < -0.39 is 17.6 Å². The molecule has 1 unspecified atom stereocenters. The lowest BCUT2D eigenvalue weighted by Crippen LogP contribution is -2.28. The van der Waals surface area contributed by atoms with Gasteiger partial charge >= 0.3 is 12.1 Å². The molecule has 1 aliphatic rings. The quantitative estimate of drug-likeness (QED) is 0.809. The van der Waals surface area contributed by atoms with E-state index in [1.54, 1.807) is 19.1 Å². The SMILES string of the molecule is CC1=NC(C)(c2ccc3c(ccn3C(=O)C(F)(F)F)c2)CO1. The van der Waals surface area contributed by atoms with Crippen molar-refractivity contribution in [3.8, 4) is 0 Å². The van der Waals surface area contributed by atoms with Crippen LogP contribution in [0.15, 0.2) is 35.5 Å². The Morgan fingerprint density at radius 1 is 1.36 bits per heavy atom. The lowest BCUT2D eigenvalue weighted by Gasteiger charge is -2.19. The molecule has 0 aliphatic carbocycles. The van der Waals surface area contributed by atoms with Gasteiger partial charge in [0.1, 0.15) is 12.1 Å². The van der Waals surface area contributed by atoms with E-state index in [1.165, 1.54) is 12.1 Å². The normalized spacial score (nSPS) is 21.8. The molecular weight excluding hydrogens is 297 g/mol. The van der Waals surface area contributed by atoms with E-state index >= 15 is 0 Å². The number of nitrogens with zero attached hydrogens (tertiary/aromatic N) is 2. The van der Waals surface area contributed by atoms with Gasteiger partial charge in [-0.25, -0.2) is 4.99 Å². The molecule has 0 bridgehead atoms. The van der Waals surface area contributed by atoms with Crippen molar-refractivity contribution < 1.29 is 22.7 Å². The van der Waals surface area contributed by atoms with Crippen LogP contribution in [0.2, 0.25) is 0 Å². The summed E-state index contributed by atoms with van der Waals surface area (Å²) < 4.78 is 43.7. The van der Waals surface area contributed by atoms with Crippen molar-refractivity contribution in [2.24, 2.45) is 4.99 Å². The van der Waals surface area contributed by atoms with Crippen LogP contribution in [0.4, 0.5) is 13.2 Å². The van der Waals surface area contributed by atoms with Crippen molar-refractivity contribution in [3.05, 3.63) is 36.0 Å². The van der Waals surface area contributed by atoms with Gasteiger partial charge in [-0.15, -0.1) is 0 Å². The largest absolute Gasteiger partial charge is 0.478 e. The predicted octanol–water partition coefficient (Wildman–Crippen LogP) is 3.51. The monoisotopic (exact) mass is 310 g/mol. The maximum atomic E-state index is 12.6. The minimum Gasteiger partial charge on any atom is -0.478 e. The molecule has 22 heavy (non-hydrogen) atoms. The molecule has 3 rings (SSSR count). The summed E-state index contributed by atoms with van der Waals surface area (Å²) in [4.78, 5) is 15.8. The minimum absolute atomic E-state index is 0.217. The number of alkyl halides is 3. The van der Waals surface area contributed by atoms with E-state index in [-0.39, 0.29) is 5.52 Å². The smallest absolute Gasteiger partial charge is 0.472 e. The zero-order valence-electron chi connectivity index (χ0n) is 11.9. The molecule has 7 heteroatoms. The first-order chi connectivity index (χ1) is 10.2. The zero-order valence-corrected chi connectivity index (χ0v) is 11.9. The molecule has 116 valence electrons. The number of hydrogen-bond donors (Lipinski definition) is 0. The number of rotatable bonds is 1. The first kappa shape index (κ1) is 14.6. The summed E-state index contributed by atoms with van der Waals surface area (Å²) in [6.07, 6.45) is -3.77. The molecule has 0 amide bonds. The van der Waals surface area contributed by atoms with Gasteiger partial charge in [-0.05, 0) is 30.7 Å². The third-order valence-electron chi connectivity index (χ3n) is 3.74. The Balaban J connectivity index is 2.05. The van der Waals surface area contributed by atoms with Gasteiger partial charge in [0.05, 0.1) is 5.52 Å². The minimum atomic E-state index is -4.91. The maximum Gasteiger partial charge on any atom is 0.472 e. The molecule has 2 heterocycles. The molecule has 0 fully saturated rings. The topological polar surface area (TPSA) is 43.6 Å². The molecule has 0 spiro atoms. The summed E-state index contributed by atoms with van der Waals surface area (Å²) in [7, 11) is 0. The Kier molecular flexibility index (Phi) is 3.05. The standard InChI is InChI=1S/C15H13F3N2O2/c1-9-19-14(2,8-22-9)11-3-4-12-10(7-11)5-6-20(12)13(21)15(16,17)18/h3-7H,8H2,1-2H3. The maximum absolute atomic E-state index is 12.6. The molecule has 1 aromatic heterocycles. The molecule has 0 radical (unpaired) electrons. The fourth-order valence-corrected chi connectivity index (χ4v) is 2.60. The van der Waals surface area contributed by atoms with Gasteiger partial charge in [-0.2, -0.15) is 13.2 Å². The Hall–Kier alpha value is -2.31. The van der Waals surface area contributed by atoms with Crippen molar-refractivity contribution in [2.75, 3.05) is 6.61 Å². The van der Waals surface area contributed by atoms with E-state index in [4.69, 9.17) is 4.74 Å². The van der Waals surface area contributed by atoms with Gasteiger partial charge in [-0.1, -0.05) is 6.07 Å². The molecule has 4 nitrogen and oxygen atoms in total. The second-order valence-electron chi connectivity index (χ2n) is 5.46. The molecule has 1 aliphatic heterocycles. The number of aromatic nitrogens is 1. The van der Waals surface area contributed by atoms with Gasteiger partial charge in [0.25, 0.3) is 0 Å². The average molecular weight is 310 g/mol. The lowest BCUT2D eigenvalue weighted by molar-refractivity contribution is -0.0942. The molecular formula is C15H13F3N2O2. The number of ether oxygens (including phenoxy) is 1. The van der Waals surface area contributed by atoms with E-state index in [9.17, 15) is 18.0 Å². The van der Waals surface area contributed by atoms with Crippen LogP contribution in [-0.2, 0) is 10.3 Å². The summed E-state index contributed by atoms with van der Waals surface area (Å²) >= 11 is 0. The average Bonchev–Trinajstić information content (AvgIpc) is 3.00. The van der Waals surface area contributed by atoms with E-state index in [1.807, 2.05) is 6.92 Å². The highest BCUT2D eigenvalue weighted by Gasteiger charge is 2.40. The van der Waals surface area contributed by atoms with E-state index in [0.717, 1.165) is 11.8 Å². The summed E-state index contributed by atoms with van der Waals surface area (Å²) in [6, 6.07) is 6.40. The van der Waals surface area contributed by atoms with Crippen LogP contribution >= 0.6 is 0 Å². The Labute approximate surface area is 124 Å². The summed E-state index contributed by atoms with van der Waals surface area (Å²) in [5.74, 6) is -1.33. The first-order valence-electron chi connectivity index (χ1n) is 6.63. The third-order valence-corrected chi connectivity index (χ3v) is 3.74. The second kappa shape index (κ2) is 4.59. The highest BCUT2D eigenvalue weighted by molar-refractivity contribution is 5.95. The van der Waals surface area contributed by atoms with Gasteiger partial charge in [0.2, 0.25) is 0 Å². The van der Waals surface area contributed by atoms with Crippen LogP contribution in [-0.4, -0.2) is 29.2 Å². The number of halogens is 3.